The van der Waals surface area contributed by atoms with E-state index in [1.807, 2.05) is 0 Å². The van der Waals surface area contributed by atoms with Crippen molar-refractivity contribution >= 4 is 35.0 Å². The van der Waals surface area contributed by atoms with Crippen molar-refractivity contribution in [1.29, 1.82) is 0 Å². The summed E-state index contributed by atoms with van der Waals surface area (Å²) in [6, 6.07) is 3.65. The largest absolute Gasteiger partial charge is 0.416 e. The van der Waals surface area contributed by atoms with Crippen LogP contribution in [0.4, 0.5) is 18.9 Å². The van der Waals surface area contributed by atoms with Crippen molar-refractivity contribution in [2.24, 2.45) is 5.73 Å². The molecule has 1 saturated heterocycles. The highest BCUT2D eigenvalue weighted by molar-refractivity contribution is 6.39. The number of aromatic nitrogens is 1. The third-order valence-corrected chi connectivity index (χ3v) is 5.09. The van der Waals surface area contributed by atoms with Crippen molar-refractivity contribution in [3.05, 3.63) is 58.4 Å². The van der Waals surface area contributed by atoms with Gasteiger partial charge in [0.1, 0.15) is 0 Å². The number of nitrogens with one attached hydrogen (secondary N) is 1. The average molecular weight is 455 g/mol. The van der Waals surface area contributed by atoms with E-state index >= 15 is 0 Å². The fourth-order valence-corrected chi connectivity index (χ4v) is 3.69. The number of amides is 3. The highest BCUT2D eigenvalue weighted by Crippen LogP contribution is 2.37. The molecule has 2 aromatic rings. The first-order valence-electron chi connectivity index (χ1n) is 9.31. The van der Waals surface area contributed by atoms with Gasteiger partial charge in [0.2, 0.25) is 5.91 Å². The molecule has 1 fully saturated rings. The van der Waals surface area contributed by atoms with Gasteiger partial charge in [0.05, 0.1) is 29.1 Å². The maximum Gasteiger partial charge on any atom is 0.416 e. The maximum absolute atomic E-state index is 13.2. The van der Waals surface area contributed by atoms with Crippen LogP contribution in [0.5, 0.6) is 0 Å². The lowest BCUT2D eigenvalue weighted by molar-refractivity contribution is -0.145. The van der Waals surface area contributed by atoms with Crippen LogP contribution in [0.1, 0.15) is 46.8 Å². The minimum absolute atomic E-state index is 0.0414. The number of hydrogen-bond acceptors (Lipinski definition) is 4. The molecule has 1 aromatic heterocycles. The van der Waals surface area contributed by atoms with Gasteiger partial charge in [-0.3, -0.25) is 19.4 Å². The summed E-state index contributed by atoms with van der Waals surface area (Å²) in [4.78, 5) is 41.6. The van der Waals surface area contributed by atoms with E-state index in [2.05, 4.69) is 10.3 Å². The second-order valence-electron chi connectivity index (χ2n) is 7.06. The number of carbonyl (C=O) groups is 3. The van der Waals surface area contributed by atoms with Crippen LogP contribution in [0.15, 0.2) is 36.7 Å². The Hall–Kier alpha value is -3.14. The Labute approximate surface area is 180 Å². The zero-order valence-electron chi connectivity index (χ0n) is 16.1. The molecular formula is C20H18ClF3N4O3. The highest BCUT2D eigenvalue weighted by atomic mass is 35.5. The van der Waals surface area contributed by atoms with Crippen molar-refractivity contribution in [2.45, 2.75) is 31.5 Å². The summed E-state index contributed by atoms with van der Waals surface area (Å²) < 4.78 is 39.6. The second kappa shape index (κ2) is 8.93. The quantitative estimate of drug-likeness (QED) is 0.692. The summed E-state index contributed by atoms with van der Waals surface area (Å²) >= 11 is 5.89. The molecule has 2 heterocycles. The molecule has 0 aliphatic carbocycles. The molecule has 1 aliphatic heterocycles. The van der Waals surface area contributed by atoms with E-state index in [-0.39, 0.29) is 28.4 Å². The van der Waals surface area contributed by atoms with Gasteiger partial charge in [0.15, 0.2) is 0 Å². The van der Waals surface area contributed by atoms with Gasteiger partial charge in [-0.05, 0) is 49.1 Å². The molecule has 0 bridgehead atoms. The summed E-state index contributed by atoms with van der Waals surface area (Å²) in [7, 11) is 0. The van der Waals surface area contributed by atoms with Crippen molar-refractivity contribution in [3.63, 3.8) is 0 Å². The molecule has 3 amide bonds. The molecule has 164 valence electrons. The first kappa shape index (κ1) is 22.5. The zero-order chi connectivity index (χ0) is 22.8. The molecule has 0 spiro atoms. The van der Waals surface area contributed by atoms with Crippen LogP contribution in [0, 0.1) is 0 Å². The number of likely N-dealkylation sites (tertiary alicyclic amines) is 1. The molecule has 1 aliphatic rings. The highest BCUT2D eigenvalue weighted by Gasteiger charge is 2.35. The number of benzene rings is 1. The minimum atomic E-state index is -4.60. The number of nitrogens with zero attached hydrogens (tertiary/aromatic N) is 2. The molecule has 0 saturated carbocycles. The maximum atomic E-state index is 13.2. The molecule has 0 radical (unpaired) electrons. The van der Waals surface area contributed by atoms with Crippen LogP contribution >= 0.6 is 11.6 Å². The van der Waals surface area contributed by atoms with Gasteiger partial charge in [-0.25, -0.2) is 0 Å². The number of halogens is 4. The van der Waals surface area contributed by atoms with Crippen molar-refractivity contribution in [1.82, 2.24) is 9.88 Å². The minimum Gasteiger partial charge on any atom is -0.366 e. The van der Waals surface area contributed by atoms with Gasteiger partial charge in [-0.1, -0.05) is 11.6 Å². The van der Waals surface area contributed by atoms with E-state index in [1.54, 1.807) is 0 Å². The van der Waals surface area contributed by atoms with E-state index in [4.69, 9.17) is 17.3 Å². The number of pyridine rings is 1. The standard InChI is InChI=1S/C20H18ClF3N4O3/c21-14-6-11(5-13(8-14)20(22,23)24)16-3-1-2-4-28(16)19(31)18(30)27-15-7-12(17(25)29)9-26-10-15/h5-10,16H,1-4H2,(H2,25,29)(H,27,30)/t16-/m0/s1. The first-order chi connectivity index (χ1) is 14.6. The van der Waals surface area contributed by atoms with Crippen LogP contribution in [-0.4, -0.2) is 34.2 Å². The van der Waals surface area contributed by atoms with Gasteiger partial charge in [-0.2, -0.15) is 13.2 Å². The number of carbonyl (C=O) groups excluding carboxylic acids is 3. The van der Waals surface area contributed by atoms with E-state index in [1.165, 1.54) is 29.4 Å². The molecule has 7 nitrogen and oxygen atoms in total. The molecule has 1 atom stereocenters. The molecule has 0 unspecified atom stereocenters. The fourth-order valence-electron chi connectivity index (χ4n) is 3.45. The Balaban J connectivity index is 1.84. The Bertz CT molecular complexity index is 1030. The van der Waals surface area contributed by atoms with Gasteiger partial charge < -0.3 is 16.0 Å². The van der Waals surface area contributed by atoms with E-state index in [0.717, 1.165) is 12.1 Å². The Morgan fingerprint density at radius 3 is 2.55 bits per heavy atom. The van der Waals surface area contributed by atoms with E-state index in [0.29, 0.717) is 19.3 Å². The van der Waals surface area contributed by atoms with E-state index in [9.17, 15) is 27.6 Å². The lowest BCUT2D eigenvalue weighted by Gasteiger charge is -2.36. The number of alkyl halides is 3. The lowest BCUT2D eigenvalue weighted by Crippen LogP contribution is -2.44. The number of anilines is 1. The fraction of sp³-hybridized carbons (Fsp3) is 0.300. The molecule has 1 aromatic carbocycles. The number of primary amides is 1. The molecule has 31 heavy (non-hydrogen) atoms. The monoisotopic (exact) mass is 454 g/mol. The van der Waals surface area contributed by atoms with Crippen LogP contribution < -0.4 is 11.1 Å². The summed E-state index contributed by atoms with van der Waals surface area (Å²) in [5, 5.41) is 2.24. The van der Waals surface area contributed by atoms with Gasteiger partial charge in [0.25, 0.3) is 0 Å². The van der Waals surface area contributed by atoms with Crippen LogP contribution in [-0.2, 0) is 15.8 Å². The SMILES string of the molecule is NC(=O)c1cncc(NC(=O)C(=O)N2CCCC[C@H]2c2cc(Cl)cc(C(F)(F)F)c2)c1. The molecule has 11 heteroatoms. The van der Waals surface area contributed by atoms with E-state index < -0.39 is 35.5 Å². The van der Waals surface area contributed by atoms with Crippen molar-refractivity contribution < 1.29 is 27.6 Å². The normalized spacial score (nSPS) is 16.6. The molecular weight excluding hydrogens is 437 g/mol. The summed E-state index contributed by atoms with van der Waals surface area (Å²) in [5.74, 6) is -2.68. The summed E-state index contributed by atoms with van der Waals surface area (Å²) in [6.07, 6.45) is -0.500. The number of nitrogens with two attached hydrogens (primary N) is 1. The second-order valence-corrected chi connectivity index (χ2v) is 7.50. The lowest BCUT2D eigenvalue weighted by atomic mass is 9.93. The topological polar surface area (TPSA) is 105 Å². The Morgan fingerprint density at radius 1 is 1.13 bits per heavy atom. The van der Waals surface area contributed by atoms with Gasteiger partial charge in [-0.15, -0.1) is 0 Å². The van der Waals surface area contributed by atoms with Crippen LogP contribution in [0.3, 0.4) is 0 Å². The third kappa shape index (κ3) is 5.32. The van der Waals surface area contributed by atoms with Gasteiger partial charge >= 0.3 is 18.0 Å². The van der Waals surface area contributed by atoms with Crippen LogP contribution in [0.25, 0.3) is 0 Å². The summed E-state index contributed by atoms with van der Waals surface area (Å²) in [6.45, 7) is 0.199. The number of piperidine rings is 1. The van der Waals surface area contributed by atoms with Crippen molar-refractivity contribution in [3.8, 4) is 0 Å². The average Bonchev–Trinajstić information content (AvgIpc) is 2.72. The smallest absolute Gasteiger partial charge is 0.366 e. The predicted molar refractivity (Wildman–Crippen MR) is 106 cm³/mol. The first-order valence-corrected chi connectivity index (χ1v) is 9.68. The molecule has 3 N–H and O–H groups in total. The molecule has 3 rings (SSSR count). The van der Waals surface area contributed by atoms with Gasteiger partial charge in [0, 0.05) is 17.8 Å². The Kier molecular flexibility index (Phi) is 6.49. The Morgan fingerprint density at radius 2 is 1.87 bits per heavy atom. The van der Waals surface area contributed by atoms with Crippen molar-refractivity contribution in [2.75, 3.05) is 11.9 Å². The zero-order valence-corrected chi connectivity index (χ0v) is 16.8. The number of rotatable bonds is 3. The third-order valence-electron chi connectivity index (χ3n) is 4.87. The predicted octanol–water partition coefficient (Wildman–Crippen LogP) is 3.55. The van der Waals surface area contributed by atoms with Crippen LogP contribution in [0.2, 0.25) is 5.02 Å². The summed E-state index contributed by atoms with van der Waals surface area (Å²) in [5.41, 5.74) is 4.58. The number of hydrogen-bond donors (Lipinski definition) is 2.